The van der Waals surface area contributed by atoms with Crippen LogP contribution in [0.1, 0.15) is 36.7 Å². The van der Waals surface area contributed by atoms with Crippen LogP contribution >= 0.6 is 0 Å². The number of aromatic amines is 1. The number of likely N-dealkylation sites (tertiary alicyclic amines) is 1. The minimum Gasteiger partial charge on any atom is -0.340 e. The average Bonchev–Trinajstić information content (AvgIpc) is 3.58. The lowest BCUT2D eigenvalue weighted by Gasteiger charge is -2.23. The number of nitrogens with zero attached hydrogens (tertiary/aromatic N) is 4. The van der Waals surface area contributed by atoms with E-state index in [9.17, 15) is 4.79 Å². The molecule has 4 aromatic rings. The van der Waals surface area contributed by atoms with Crippen LogP contribution in [0.25, 0.3) is 22.4 Å². The zero-order valence-corrected chi connectivity index (χ0v) is 18.2. The highest BCUT2D eigenvalue weighted by molar-refractivity contribution is 5.77. The number of amides is 1. The van der Waals surface area contributed by atoms with Gasteiger partial charge in [-0.3, -0.25) is 9.48 Å². The van der Waals surface area contributed by atoms with E-state index >= 15 is 0 Å². The van der Waals surface area contributed by atoms with Gasteiger partial charge in [-0.1, -0.05) is 54.6 Å². The summed E-state index contributed by atoms with van der Waals surface area (Å²) in [6.45, 7) is 0.791. The number of rotatable bonds is 6. The molecule has 162 valence electrons. The third-order valence-corrected chi connectivity index (χ3v) is 6.19. The number of hydrogen-bond donors (Lipinski definition) is 1. The monoisotopic (exact) mass is 425 g/mol. The van der Waals surface area contributed by atoms with Crippen molar-refractivity contribution >= 4 is 5.91 Å². The van der Waals surface area contributed by atoms with E-state index in [4.69, 9.17) is 0 Å². The summed E-state index contributed by atoms with van der Waals surface area (Å²) < 4.78 is 1.77. The molecule has 0 radical (unpaired) electrons. The molecule has 6 heteroatoms. The van der Waals surface area contributed by atoms with Gasteiger partial charge < -0.3 is 9.88 Å². The number of H-pyrrole nitrogens is 1. The van der Waals surface area contributed by atoms with Gasteiger partial charge in [-0.15, -0.1) is 0 Å². The Morgan fingerprint density at radius 1 is 1.03 bits per heavy atom. The van der Waals surface area contributed by atoms with Crippen molar-refractivity contribution in [2.24, 2.45) is 7.05 Å². The van der Waals surface area contributed by atoms with Gasteiger partial charge in [0.2, 0.25) is 5.91 Å². The van der Waals surface area contributed by atoms with Crippen molar-refractivity contribution in [1.82, 2.24) is 24.6 Å². The molecule has 1 fully saturated rings. The van der Waals surface area contributed by atoms with Gasteiger partial charge in [0, 0.05) is 31.8 Å². The molecule has 32 heavy (non-hydrogen) atoms. The molecule has 1 saturated heterocycles. The third kappa shape index (κ3) is 4.21. The van der Waals surface area contributed by atoms with Gasteiger partial charge in [0.1, 0.15) is 5.82 Å². The molecule has 3 heterocycles. The molecule has 0 bridgehead atoms. The lowest BCUT2D eigenvalue weighted by Crippen LogP contribution is -2.31. The van der Waals surface area contributed by atoms with Crippen molar-refractivity contribution in [3.8, 4) is 22.4 Å². The number of aromatic nitrogens is 4. The first-order valence-corrected chi connectivity index (χ1v) is 11.1. The van der Waals surface area contributed by atoms with Gasteiger partial charge in [0.15, 0.2) is 0 Å². The predicted octanol–water partition coefficient (Wildman–Crippen LogP) is 4.77. The summed E-state index contributed by atoms with van der Waals surface area (Å²) in [6, 6.07) is 18.9. The Kier molecular flexibility index (Phi) is 5.58. The number of carbonyl (C=O) groups excluding carboxylic acids is 1. The van der Waals surface area contributed by atoms with Gasteiger partial charge in [-0.2, -0.15) is 5.10 Å². The lowest BCUT2D eigenvalue weighted by molar-refractivity contribution is -0.132. The number of hydrogen-bond acceptors (Lipinski definition) is 3. The summed E-state index contributed by atoms with van der Waals surface area (Å²) in [5, 5.41) is 4.22. The van der Waals surface area contributed by atoms with Gasteiger partial charge in [-0.25, -0.2) is 4.98 Å². The molecule has 5 rings (SSSR count). The molecule has 1 aliphatic rings. The van der Waals surface area contributed by atoms with Gasteiger partial charge >= 0.3 is 0 Å². The number of imidazole rings is 1. The Labute approximate surface area is 187 Å². The second kappa shape index (κ2) is 8.83. The second-order valence-corrected chi connectivity index (χ2v) is 8.39. The molecule has 0 aliphatic carbocycles. The zero-order chi connectivity index (χ0) is 21.9. The van der Waals surface area contributed by atoms with Gasteiger partial charge in [0.25, 0.3) is 0 Å². The molecule has 0 spiro atoms. The van der Waals surface area contributed by atoms with E-state index in [1.54, 1.807) is 4.68 Å². The van der Waals surface area contributed by atoms with Crippen molar-refractivity contribution < 1.29 is 4.79 Å². The summed E-state index contributed by atoms with van der Waals surface area (Å²) in [7, 11) is 1.90. The molecule has 6 nitrogen and oxygen atoms in total. The Bertz CT molecular complexity index is 1190. The average molecular weight is 426 g/mol. The highest BCUT2D eigenvalue weighted by Crippen LogP contribution is 2.32. The SMILES string of the molecule is Cn1cc(-c2cnc([C@@H]3CCCN3C(=O)CCc3ccc(-c4ccccc4)cc3)[nH]2)cn1. The predicted molar refractivity (Wildman–Crippen MR) is 125 cm³/mol. The third-order valence-electron chi connectivity index (χ3n) is 6.19. The molecule has 1 amide bonds. The summed E-state index contributed by atoms with van der Waals surface area (Å²) in [5.41, 5.74) is 5.53. The molecular formula is C26H27N5O. The highest BCUT2D eigenvalue weighted by Gasteiger charge is 2.31. The van der Waals surface area contributed by atoms with Crippen LogP contribution < -0.4 is 0 Å². The van der Waals surface area contributed by atoms with E-state index in [1.165, 1.54) is 16.7 Å². The van der Waals surface area contributed by atoms with Crippen LogP contribution in [0.15, 0.2) is 73.2 Å². The van der Waals surface area contributed by atoms with E-state index in [1.807, 2.05) is 48.7 Å². The van der Waals surface area contributed by atoms with E-state index in [2.05, 4.69) is 51.5 Å². The van der Waals surface area contributed by atoms with Crippen LogP contribution in [0.2, 0.25) is 0 Å². The number of aryl methyl sites for hydroxylation is 2. The molecule has 2 aromatic carbocycles. The van der Waals surface area contributed by atoms with E-state index in [-0.39, 0.29) is 11.9 Å². The molecule has 0 unspecified atom stereocenters. The Morgan fingerprint density at radius 3 is 2.56 bits per heavy atom. The van der Waals surface area contributed by atoms with Crippen LogP contribution in [0.3, 0.4) is 0 Å². The maximum absolute atomic E-state index is 13.0. The van der Waals surface area contributed by atoms with Crippen LogP contribution in [-0.2, 0) is 18.3 Å². The zero-order valence-electron chi connectivity index (χ0n) is 18.2. The minimum atomic E-state index is 0.0216. The smallest absolute Gasteiger partial charge is 0.223 e. The fourth-order valence-electron chi connectivity index (χ4n) is 4.45. The maximum Gasteiger partial charge on any atom is 0.223 e. The summed E-state index contributed by atoms with van der Waals surface area (Å²) in [6.07, 6.45) is 8.81. The first kappa shape index (κ1) is 20.2. The number of carbonyl (C=O) groups is 1. The number of nitrogens with one attached hydrogen (secondary N) is 1. The van der Waals surface area contributed by atoms with Crippen molar-refractivity contribution in [2.45, 2.75) is 31.7 Å². The first-order valence-electron chi connectivity index (χ1n) is 11.1. The van der Waals surface area contributed by atoms with Crippen LogP contribution in [-0.4, -0.2) is 37.1 Å². The summed E-state index contributed by atoms with van der Waals surface area (Å²) in [4.78, 5) is 23.0. The van der Waals surface area contributed by atoms with Crippen molar-refractivity contribution in [1.29, 1.82) is 0 Å². The first-order chi connectivity index (χ1) is 15.7. The van der Waals surface area contributed by atoms with Crippen LogP contribution in [0.5, 0.6) is 0 Å². The highest BCUT2D eigenvalue weighted by atomic mass is 16.2. The minimum absolute atomic E-state index is 0.0216. The fraction of sp³-hybridized carbons (Fsp3) is 0.269. The van der Waals surface area contributed by atoms with E-state index in [0.29, 0.717) is 6.42 Å². The Hall–Kier alpha value is -3.67. The quantitative estimate of drug-likeness (QED) is 0.484. The molecular weight excluding hydrogens is 398 g/mol. The van der Waals surface area contributed by atoms with Crippen LogP contribution in [0.4, 0.5) is 0 Å². The molecule has 1 atom stereocenters. The van der Waals surface area contributed by atoms with Crippen molar-refractivity contribution in [3.05, 3.63) is 84.6 Å². The molecule has 1 N–H and O–H groups in total. The normalized spacial score (nSPS) is 15.9. The summed E-state index contributed by atoms with van der Waals surface area (Å²) in [5.74, 6) is 1.06. The van der Waals surface area contributed by atoms with Crippen LogP contribution in [0, 0.1) is 0 Å². The Balaban J connectivity index is 1.22. The summed E-state index contributed by atoms with van der Waals surface area (Å²) >= 11 is 0. The van der Waals surface area contributed by atoms with Crippen molar-refractivity contribution in [3.63, 3.8) is 0 Å². The van der Waals surface area contributed by atoms with Crippen molar-refractivity contribution in [2.75, 3.05) is 6.54 Å². The van der Waals surface area contributed by atoms with E-state index in [0.717, 1.165) is 42.9 Å². The van der Waals surface area contributed by atoms with Gasteiger partial charge in [-0.05, 0) is 36.0 Å². The topological polar surface area (TPSA) is 66.8 Å². The maximum atomic E-state index is 13.0. The largest absolute Gasteiger partial charge is 0.340 e. The molecule has 1 aliphatic heterocycles. The lowest BCUT2D eigenvalue weighted by atomic mass is 10.0. The Morgan fingerprint density at radius 2 is 1.81 bits per heavy atom. The van der Waals surface area contributed by atoms with Gasteiger partial charge in [0.05, 0.1) is 24.1 Å². The molecule has 0 saturated carbocycles. The second-order valence-electron chi connectivity index (χ2n) is 8.39. The fourth-order valence-corrected chi connectivity index (χ4v) is 4.45. The number of benzene rings is 2. The van der Waals surface area contributed by atoms with E-state index < -0.39 is 0 Å². The standard InChI is InChI=1S/C26H27N5O/c1-30-18-22(16-28-30)23-17-27-26(29-23)24-8-5-15-31(24)25(32)14-11-19-9-12-21(13-10-19)20-6-3-2-4-7-20/h2-4,6-7,9-10,12-13,16-18,24H,5,8,11,14-15H2,1H3,(H,27,29)/t24-/m0/s1. The molecule has 2 aromatic heterocycles.